The Morgan fingerprint density at radius 3 is 2.48 bits per heavy atom. The van der Waals surface area contributed by atoms with Crippen molar-refractivity contribution >= 4 is 11.4 Å². The van der Waals surface area contributed by atoms with Crippen LogP contribution in [0.15, 0.2) is 30.3 Å². The summed E-state index contributed by atoms with van der Waals surface area (Å²) in [5.41, 5.74) is -1.37. The molecule has 0 bridgehead atoms. The minimum Gasteiger partial charge on any atom is -0.378 e. The normalized spacial score (nSPS) is 10.5. The van der Waals surface area contributed by atoms with Gasteiger partial charge in [-0.1, -0.05) is 12.1 Å². The summed E-state index contributed by atoms with van der Waals surface area (Å²) >= 11 is 0. The van der Waals surface area contributed by atoms with Gasteiger partial charge in [0.1, 0.15) is 5.82 Å². The largest absolute Gasteiger partial charge is 0.378 e. The Kier molecular flexibility index (Phi) is 4.06. The molecule has 4 nitrogen and oxygen atoms in total. The predicted octanol–water partition coefficient (Wildman–Crippen LogP) is 3.76. The van der Waals surface area contributed by atoms with Gasteiger partial charge in [-0.05, 0) is 0 Å². The SMILES string of the molecule is O=[N+]([O-])c1cccc(CNc2cc(F)cc(F)c2F)c1F. The summed E-state index contributed by atoms with van der Waals surface area (Å²) in [5.74, 6) is -4.80. The summed E-state index contributed by atoms with van der Waals surface area (Å²) in [5, 5.41) is 12.9. The predicted molar refractivity (Wildman–Crippen MR) is 66.7 cm³/mol. The second-order valence-electron chi connectivity index (χ2n) is 4.11. The molecule has 0 aliphatic rings. The monoisotopic (exact) mass is 300 g/mol. The molecular weight excluding hydrogens is 292 g/mol. The van der Waals surface area contributed by atoms with Crippen molar-refractivity contribution < 1.29 is 22.5 Å². The molecule has 0 amide bonds. The molecule has 2 rings (SSSR count). The average molecular weight is 300 g/mol. The lowest BCUT2D eigenvalue weighted by Gasteiger charge is -2.09. The topological polar surface area (TPSA) is 55.2 Å². The third-order valence-corrected chi connectivity index (χ3v) is 2.72. The quantitative estimate of drug-likeness (QED) is 0.405. The molecule has 0 unspecified atom stereocenters. The number of rotatable bonds is 4. The summed E-state index contributed by atoms with van der Waals surface area (Å²) in [6, 6.07) is 4.53. The first-order valence-corrected chi connectivity index (χ1v) is 5.70. The van der Waals surface area contributed by atoms with Crippen LogP contribution in [0.4, 0.5) is 28.9 Å². The van der Waals surface area contributed by atoms with Crippen LogP contribution < -0.4 is 5.32 Å². The van der Waals surface area contributed by atoms with E-state index in [0.29, 0.717) is 12.1 Å². The fraction of sp³-hybridized carbons (Fsp3) is 0.0769. The number of hydrogen-bond donors (Lipinski definition) is 1. The summed E-state index contributed by atoms with van der Waals surface area (Å²) in [6.07, 6.45) is 0. The van der Waals surface area contributed by atoms with Gasteiger partial charge in [-0.15, -0.1) is 0 Å². The molecule has 8 heteroatoms. The lowest BCUT2D eigenvalue weighted by Crippen LogP contribution is -2.06. The van der Waals surface area contributed by atoms with Crippen LogP contribution in [0.25, 0.3) is 0 Å². The molecule has 0 radical (unpaired) electrons. The number of hydrogen-bond acceptors (Lipinski definition) is 3. The Morgan fingerprint density at radius 1 is 1.10 bits per heavy atom. The molecule has 0 spiro atoms. The van der Waals surface area contributed by atoms with Crippen molar-refractivity contribution in [2.45, 2.75) is 6.54 Å². The van der Waals surface area contributed by atoms with Gasteiger partial charge in [-0.25, -0.2) is 13.2 Å². The molecule has 110 valence electrons. The van der Waals surface area contributed by atoms with Crippen LogP contribution >= 0.6 is 0 Å². The van der Waals surface area contributed by atoms with Crippen LogP contribution in [-0.4, -0.2) is 4.92 Å². The Bertz CT molecular complexity index is 707. The van der Waals surface area contributed by atoms with E-state index in [-0.39, 0.29) is 12.1 Å². The van der Waals surface area contributed by atoms with Crippen molar-refractivity contribution in [1.29, 1.82) is 0 Å². The van der Waals surface area contributed by atoms with E-state index in [4.69, 9.17) is 0 Å². The van der Waals surface area contributed by atoms with E-state index < -0.39 is 39.6 Å². The number of nitrogens with one attached hydrogen (secondary N) is 1. The van der Waals surface area contributed by atoms with Gasteiger partial charge in [-0.3, -0.25) is 10.1 Å². The molecule has 0 heterocycles. The van der Waals surface area contributed by atoms with E-state index in [1.54, 1.807) is 0 Å². The van der Waals surface area contributed by atoms with Crippen molar-refractivity contribution in [3.8, 4) is 0 Å². The third-order valence-electron chi connectivity index (χ3n) is 2.72. The van der Waals surface area contributed by atoms with Gasteiger partial charge < -0.3 is 5.32 Å². The lowest BCUT2D eigenvalue weighted by molar-refractivity contribution is -0.387. The summed E-state index contributed by atoms with van der Waals surface area (Å²) in [4.78, 5) is 9.68. The molecule has 0 atom stereocenters. The Hall–Kier alpha value is -2.64. The van der Waals surface area contributed by atoms with Crippen molar-refractivity contribution in [3.63, 3.8) is 0 Å². The first-order valence-electron chi connectivity index (χ1n) is 5.70. The molecule has 2 aromatic carbocycles. The minimum atomic E-state index is -1.39. The highest BCUT2D eigenvalue weighted by molar-refractivity contribution is 5.47. The van der Waals surface area contributed by atoms with Crippen molar-refractivity contribution in [3.05, 3.63) is 69.3 Å². The van der Waals surface area contributed by atoms with Crippen LogP contribution in [0.5, 0.6) is 0 Å². The fourth-order valence-electron chi connectivity index (χ4n) is 1.72. The molecule has 1 N–H and O–H groups in total. The molecule has 0 aliphatic heterocycles. The smallest absolute Gasteiger partial charge is 0.305 e. The molecule has 21 heavy (non-hydrogen) atoms. The molecular formula is C13H8F4N2O2. The van der Waals surface area contributed by atoms with Crippen molar-refractivity contribution in [2.24, 2.45) is 0 Å². The summed E-state index contributed by atoms with van der Waals surface area (Å²) in [7, 11) is 0. The van der Waals surface area contributed by atoms with Gasteiger partial charge in [0.15, 0.2) is 11.6 Å². The fourth-order valence-corrected chi connectivity index (χ4v) is 1.72. The van der Waals surface area contributed by atoms with Crippen LogP contribution in [0.3, 0.4) is 0 Å². The van der Waals surface area contributed by atoms with Gasteiger partial charge in [0.25, 0.3) is 0 Å². The number of nitro benzene ring substituents is 1. The lowest BCUT2D eigenvalue weighted by atomic mass is 10.1. The van der Waals surface area contributed by atoms with Gasteiger partial charge in [0, 0.05) is 30.3 Å². The zero-order valence-corrected chi connectivity index (χ0v) is 10.4. The number of nitro groups is 1. The summed E-state index contributed by atoms with van der Waals surface area (Å²) in [6.45, 7) is -0.368. The first kappa shape index (κ1) is 14.8. The standard InChI is InChI=1S/C13H8F4N2O2/c14-8-4-9(15)13(17)10(5-8)18-6-7-2-1-3-11(12(7)16)19(20)21/h1-5,18H,6H2. The van der Waals surface area contributed by atoms with Gasteiger partial charge in [-0.2, -0.15) is 4.39 Å². The zero-order chi connectivity index (χ0) is 15.6. The molecule has 0 saturated carbocycles. The van der Waals surface area contributed by atoms with E-state index in [9.17, 15) is 27.7 Å². The molecule has 0 aromatic heterocycles. The van der Waals surface area contributed by atoms with E-state index in [1.807, 2.05) is 0 Å². The second-order valence-corrected chi connectivity index (χ2v) is 4.11. The maximum absolute atomic E-state index is 13.8. The van der Waals surface area contributed by atoms with E-state index in [1.165, 1.54) is 12.1 Å². The van der Waals surface area contributed by atoms with Crippen LogP contribution in [0.1, 0.15) is 5.56 Å². The molecule has 2 aromatic rings. The highest BCUT2D eigenvalue weighted by Crippen LogP contribution is 2.23. The first-order chi connectivity index (χ1) is 9.90. The Balaban J connectivity index is 2.25. The average Bonchev–Trinajstić information content (AvgIpc) is 2.42. The maximum Gasteiger partial charge on any atom is 0.305 e. The van der Waals surface area contributed by atoms with Gasteiger partial charge in [0.05, 0.1) is 10.6 Å². The second kappa shape index (κ2) is 5.78. The van der Waals surface area contributed by atoms with E-state index in [0.717, 1.165) is 6.07 Å². The van der Waals surface area contributed by atoms with Crippen LogP contribution in [-0.2, 0) is 6.54 Å². The van der Waals surface area contributed by atoms with Crippen molar-refractivity contribution in [1.82, 2.24) is 0 Å². The number of anilines is 1. The summed E-state index contributed by atoms with van der Waals surface area (Å²) < 4.78 is 53.1. The Labute approximate surface area is 116 Å². The molecule has 0 saturated heterocycles. The van der Waals surface area contributed by atoms with E-state index >= 15 is 0 Å². The number of nitrogens with zero attached hydrogens (tertiary/aromatic N) is 1. The third kappa shape index (κ3) is 3.10. The van der Waals surface area contributed by atoms with Crippen LogP contribution in [0.2, 0.25) is 0 Å². The highest BCUT2D eigenvalue weighted by Gasteiger charge is 2.18. The molecule has 0 fully saturated rings. The molecule has 0 aliphatic carbocycles. The van der Waals surface area contributed by atoms with Gasteiger partial charge >= 0.3 is 5.69 Å². The minimum absolute atomic E-state index is 0.131. The van der Waals surface area contributed by atoms with Gasteiger partial charge in [0.2, 0.25) is 5.82 Å². The highest BCUT2D eigenvalue weighted by atomic mass is 19.2. The number of halogens is 4. The number of benzene rings is 2. The van der Waals surface area contributed by atoms with Crippen LogP contribution in [0, 0.1) is 33.4 Å². The van der Waals surface area contributed by atoms with E-state index in [2.05, 4.69) is 5.32 Å². The Morgan fingerprint density at radius 2 is 1.81 bits per heavy atom. The zero-order valence-electron chi connectivity index (χ0n) is 10.4. The maximum atomic E-state index is 13.8. The van der Waals surface area contributed by atoms with Crippen molar-refractivity contribution in [2.75, 3.05) is 5.32 Å².